The molecule has 20 heavy (non-hydrogen) atoms. The van der Waals surface area contributed by atoms with Crippen LogP contribution in [0.5, 0.6) is 0 Å². The Morgan fingerprint density at radius 1 is 1.05 bits per heavy atom. The Morgan fingerprint density at radius 3 is 2.50 bits per heavy atom. The van der Waals surface area contributed by atoms with Gasteiger partial charge in [-0.15, -0.1) is 0 Å². The molecule has 0 bridgehead atoms. The summed E-state index contributed by atoms with van der Waals surface area (Å²) in [5, 5.41) is 3.32. The maximum Gasteiger partial charge on any atom is 0.215 e. The molecule has 0 aliphatic carbocycles. The van der Waals surface area contributed by atoms with Crippen LogP contribution in [0.15, 0.2) is 24.3 Å². The van der Waals surface area contributed by atoms with Gasteiger partial charge in [-0.25, -0.2) is 13.1 Å². The third-order valence-electron chi connectivity index (χ3n) is 2.96. The highest BCUT2D eigenvalue weighted by Gasteiger charge is 2.10. The van der Waals surface area contributed by atoms with Crippen LogP contribution < -0.4 is 10.0 Å². The fraction of sp³-hybridized carbons (Fsp3) is 0.600. The van der Waals surface area contributed by atoms with Crippen molar-refractivity contribution < 1.29 is 8.42 Å². The number of nitrogens with one attached hydrogen (secondary N) is 2. The zero-order valence-electron chi connectivity index (χ0n) is 12.5. The molecule has 4 nitrogen and oxygen atoms in total. The van der Waals surface area contributed by atoms with Crippen molar-refractivity contribution in [3.05, 3.63) is 35.4 Å². The van der Waals surface area contributed by atoms with E-state index >= 15 is 0 Å². The average molecular weight is 298 g/mol. The molecule has 0 saturated carbocycles. The maximum atomic E-state index is 11.9. The fourth-order valence-electron chi connectivity index (χ4n) is 1.91. The highest BCUT2D eigenvalue weighted by Crippen LogP contribution is 2.09. The topological polar surface area (TPSA) is 58.2 Å². The zero-order chi connectivity index (χ0) is 14.8. The Bertz CT molecular complexity index is 486. The predicted molar refractivity (Wildman–Crippen MR) is 84.0 cm³/mol. The van der Waals surface area contributed by atoms with E-state index in [1.807, 2.05) is 31.2 Å². The van der Waals surface area contributed by atoms with Crippen molar-refractivity contribution >= 4 is 10.0 Å². The number of sulfonamides is 1. The van der Waals surface area contributed by atoms with Gasteiger partial charge in [-0.3, -0.25) is 0 Å². The molecule has 0 radical (unpaired) electrons. The van der Waals surface area contributed by atoms with Crippen molar-refractivity contribution in [2.24, 2.45) is 0 Å². The monoisotopic (exact) mass is 298 g/mol. The summed E-state index contributed by atoms with van der Waals surface area (Å²) >= 11 is 0. The number of rotatable bonds is 10. The molecule has 0 aliphatic rings. The first-order valence-corrected chi connectivity index (χ1v) is 8.98. The molecule has 114 valence electrons. The second kappa shape index (κ2) is 9.10. The summed E-state index contributed by atoms with van der Waals surface area (Å²) in [6, 6.07) is 7.76. The van der Waals surface area contributed by atoms with Gasteiger partial charge in [-0.1, -0.05) is 44.5 Å². The molecule has 0 spiro atoms. The minimum Gasteiger partial charge on any atom is -0.313 e. The molecule has 1 rings (SSSR count). The SMILES string of the molecule is CCCCNS(=O)(=O)Cc1cccc(CNCCC)c1. The van der Waals surface area contributed by atoms with Crippen LogP contribution in [0.25, 0.3) is 0 Å². The third-order valence-corrected chi connectivity index (χ3v) is 4.31. The van der Waals surface area contributed by atoms with E-state index in [1.54, 1.807) is 0 Å². The lowest BCUT2D eigenvalue weighted by molar-refractivity contribution is 0.577. The normalized spacial score (nSPS) is 11.7. The maximum absolute atomic E-state index is 11.9. The zero-order valence-corrected chi connectivity index (χ0v) is 13.3. The molecule has 0 saturated heterocycles. The molecular weight excluding hydrogens is 272 g/mol. The van der Waals surface area contributed by atoms with E-state index in [0.29, 0.717) is 6.54 Å². The first-order chi connectivity index (χ1) is 9.57. The number of unbranched alkanes of at least 4 members (excludes halogenated alkanes) is 1. The standard InChI is InChI=1S/C15H26N2O2S/c1-3-5-10-17-20(18,19)13-15-8-6-7-14(11-15)12-16-9-4-2/h6-8,11,16-17H,3-5,9-10,12-13H2,1-2H3. The fourth-order valence-corrected chi connectivity index (χ4v) is 3.09. The van der Waals surface area contributed by atoms with Gasteiger partial charge in [0.1, 0.15) is 0 Å². The Kier molecular flexibility index (Phi) is 7.80. The second-order valence-electron chi connectivity index (χ2n) is 5.00. The minimum atomic E-state index is -3.22. The molecule has 1 aromatic rings. The van der Waals surface area contributed by atoms with Crippen LogP contribution in [-0.4, -0.2) is 21.5 Å². The Morgan fingerprint density at radius 2 is 1.80 bits per heavy atom. The van der Waals surface area contributed by atoms with Crippen molar-refractivity contribution in [1.29, 1.82) is 0 Å². The van der Waals surface area contributed by atoms with Crippen LogP contribution in [0.3, 0.4) is 0 Å². The average Bonchev–Trinajstić information content (AvgIpc) is 2.39. The molecule has 0 atom stereocenters. The number of hydrogen-bond donors (Lipinski definition) is 2. The summed E-state index contributed by atoms with van der Waals surface area (Å²) in [4.78, 5) is 0. The van der Waals surface area contributed by atoms with Gasteiger partial charge in [0.25, 0.3) is 0 Å². The summed E-state index contributed by atoms with van der Waals surface area (Å²) in [7, 11) is -3.22. The van der Waals surface area contributed by atoms with E-state index in [2.05, 4.69) is 17.0 Å². The van der Waals surface area contributed by atoms with E-state index in [-0.39, 0.29) is 5.75 Å². The Balaban J connectivity index is 2.56. The summed E-state index contributed by atoms with van der Waals surface area (Å²) in [6.45, 7) is 6.45. The van der Waals surface area contributed by atoms with Crippen LogP contribution in [0, 0.1) is 0 Å². The predicted octanol–water partition coefficient (Wildman–Crippen LogP) is 2.41. The van der Waals surface area contributed by atoms with Gasteiger partial charge < -0.3 is 5.32 Å². The first-order valence-electron chi connectivity index (χ1n) is 7.33. The van der Waals surface area contributed by atoms with E-state index < -0.39 is 10.0 Å². The summed E-state index contributed by atoms with van der Waals surface area (Å²) in [6.07, 6.45) is 2.96. The smallest absolute Gasteiger partial charge is 0.215 e. The van der Waals surface area contributed by atoms with Crippen LogP contribution >= 0.6 is 0 Å². The summed E-state index contributed by atoms with van der Waals surface area (Å²) in [5.74, 6) is 0.0539. The van der Waals surface area contributed by atoms with E-state index in [9.17, 15) is 8.42 Å². The molecule has 0 unspecified atom stereocenters. The van der Waals surface area contributed by atoms with Gasteiger partial charge in [0.15, 0.2) is 0 Å². The molecular formula is C15H26N2O2S. The quantitative estimate of drug-likeness (QED) is 0.652. The molecule has 0 fully saturated rings. The molecule has 1 aromatic carbocycles. The van der Waals surface area contributed by atoms with Crippen LogP contribution in [0.4, 0.5) is 0 Å². The van der Waals surface area contributed by atoms with E-state index in [0.717, 1.165) is 43.5 Å². The van der Waals surface area contributed by atoms with Crippen molar-refractivity contribution in [2.75, 3.05) is 13.1 Å². The van der Waals surface area contributed by atoms with Crippen molar-refractivity contribution in [3.8, 4) is 0 Å². The largest absolute Gasteiger partial charge is 0.313 e. The van der Waals surface area contributed by atoms with Crippen molar-refractivity contribution in [2.45, 2.75) is 45.4 Å². The van der Waals surface area contributed by atoms with Crippen molar-refractivity contribution in [1.82, 2.24) is 10.0 Å². The molecule has 0 amide bonds. The molecule has 2 N–H and O–H groups in total. The Hall–Kier alpha value is -0.910. The number of hydrogen-bond acceptors (Lipinski definition) is 3. The molecule has 0 heterocycles. The van der Waals surface area contributed by atoms with Crippen LogP contribution in [0.2, 0.25) is 0 Å². The van der Waals surface area contributed by atoms with Gasteiger partial charge in [-0.05, 0) is 30.5 Å². The Labute approximate surface area is 123 Å². The van der Waals surface area contributed by atoms with E-state index in [4.69, 9.17) is 0 Å². The molecule has 5 heteroatoms. The lowest BCUT2D eigenvalue weighted by atomic mass is 10.1. The van der Waals surface area contributed by atoms with Crippen molar-refractivity contribution in [3.63, 3.8) is 0 Å². The second-order valence-corrected chi connectivity index (χ2v) is 6.81. The summed E-state index contributed by atoms with van der Waals surface area (Å²) in [5.41, 5.74) is 1.96. The van der Waals surface area contributed by atoms with Gasteiger partial charge in [-0.2, -0.15) is 0 Å². The summed E-state index contributed by atoms with van der Waals surface area (Å²) < 4.78 is 26.5. The van der Waals surface area contributed by atoms with Gasteiger partial charge in [0.2, 0.25) is 10.0 Å². The molecule has 0 aromatic heterocycles. The highest BCUT2D eigenvalue weighted by atomic mass is 32.2. The van der Waals surface area contributed by atoms with Gasteiger partial charge >= 0.3 is 0 Å². The first kappa shape index (κ1) is 17.1. The lowest BCUT2D eigenvalue weighted by Gasteiger charge is -2.08. The lowest BCUT2D eigenvalue weighted by Crippen LogP contribution is -2.26. The number of benzene rings is 1. The van der Waals surface area contributed by atoms with Crippen LogP contribution in [-0.2, 0) is 22.3 Å². The third kappa shape index (κ3) is 7.03. The van der Waals surface area contributed by atoms with Crippen LogP contribution in [0.1, 0.15) is 44.2 Å². The van der Waals surface area contributed by atoms with Gasteiger partial charge in [0, 0.05) is 13.1 Å². The highest BCUT2D eigenvalue weighted by molar-refractivity contribution is 7.88. The minimum absolute atomic E-state index is 0.0539. The van der Waals surface area contributed by atoms with E-state index in [1.165, 1.54) is 0 Å². The molecule has 0 aliphatic heterocycles. The van der Waals surface area contributed by atoms with Gasteiger partial charge in [0.05, 0.1) is 5.75 Å².